The molecule has 2 N–H and O–H groups in total. The van der Waals surface area contributed by atoms with Gasteiger partial charge in [-0.05, 0) is 59.0 Å². The van der Waals surface area contributed by atoms with Crippen molar-refractivity contribution in [2.45, 2.75) is 70.5 Å². The van der Waals surface area contributed by atoms with Gasteiger partial charge in [0.1, 0.15) is 0 Å². The van der Waals surface area contributed by atoms with E-state index in [0.717, 1.165) is 24.5 Å². The summed E-state index contributed by atoms with van der Waals surface area (Å²) in [5.74, 6) is 0.879. The van der Waals surface area contributed by atoms with E-state index in [0.29, 0.717) is 6.04 Å². The average Bonchev–Trinajstić information content (AvgIpc) is 2.88. The largest absolute Gasteiger partial charge is 0.314 e. The minimum Gasteiger partial charge on any atom is -0.314 e. The molecule has 3 atom stereocenters. The summed E-state index contributed by atoms with van der Waals surface area (Å²) >= 11 is 0. The maximum atomic E-state index is 3.83. The Hall–Kier alpha value is -0.120. The molecule has 2 rings (SSSR count). The topological polar surface area (TPSA) is 27.3 Å². The zero-order valence-electron chi connectivity index (χ0n) is 13.1. The monoisotopic (exact) mass is 267 g/mol. The third kappa shape index (κ3) is 4.44. The van der Waals surface area contributed by atoms with Crippen LogP contribution in [-0.2, 0) is 0 Å². The molecule has 1 aliphatic carbocycles. The lowest BCUT2D eigenvalue weighted by molar-refractivity contribution is 0.237. The van der Waals surface area contributed by atoms with Crippen LogP contribution in [0.1, 0.15) is 52.4 Å². The van der Waals surface area contributed by atoms with E-state index in [4.69, 9.17) is 0 Å². The van der Waals surface area contributed by atoms with E-state index < -0.39 is 0 Å². The van der Waals surface area contributed by atoms with Gasteiger partial charge in [0.25, 0.3) is 0 Å². The predicted molar refractivity (Wildman–Crippen MR) is 82.5 cm³/mol. The van der Waals surface area contributed by atoms with Gasteiger partial charge in [-0.25, -0.2) is 0 Å². The fraction of sp³-hybridized carbons (Fsp3) is 1.00. The molecule has 0 bridgehead atoms. The first-order valence-electron chi connectivity index (χ1n) is 8.35. The highest BCUT2D eigenvalue weighted by Crippen LogP contribution is 2.31. The van der Waals surface area contributed by atoms with Gasteiger partial charge in [0.2, 0.25) is 0 Å². The fourth-order valence-corrected chi connectivity index (χ4v) is 3.65. The average molecular weight is 267 g/mol. The Bertz CT molecular complexity index is 248. The van der Waals surface area contributed by atoms with Crippen LogP contribution in [0.5, 0.6) is 0 Å². The Kier molecular flexibility index (Phi) is 6.11. The van der Waals surface area contributed by atoms with Crippen LogP contribution in [-0.4, -0.2) is 49.7 Å². The number of rotatable bonds is 6. The van der Waals surface area contributed by atoms with Crippen LogP contribution < -0.4 is 10.6 Å². The standard InChI is InChI=1S/C16H33N3/c1-13(2)19(3)12-11-18-16-9-6-7-14(16)15-8-4-5-10-17-15/h13-18H,4-12H2,1-3H3. The van der Waals surface area contributed by atoms with Crippen molar-refractivity contribution >= 4 is 0 Å². The van der Waals surface area contributed by atoms with E-state index in [2.05, 4.69) is 36.4 Å². The molecule has 1 saturated carbocycles. The van der Waals surface area contributed by atoms with E-state index in [1.54, 1.807) is 0 Å². The lowest BCUT2D eigenvalue weighted by Crippen LogP contribution is -2.48. The Morgan fingerprint density at radius 2 is 2.00 bits per heavy atom. The van der Waals surface area contributed by atoms with Crippen LogP contribution in [0, 0.1) is 5.92 Å². The second-order valence-electron chi connectivity index (χ2n) is 6.79. The first-order chi connectivity index (χ1) is 9.18. The molecule has 112 valence electrons. The minimum atomic E-state index is 0.654. The van der Waals surface area contributed by atoms with Gasteiger partial charge in [-0.2, -0.15) is 0 Å². The van der Waals surface area contributed by atoms with Gasteiger partial charge < -0.3 is 15.5 Å². The molecule has 3 nitrogen and oxygen atoms in total. The molecule has 0 aromatic heterocycles. The van der Waals surface area contributed by atoms with Gasteiger partial charge >= 0.3 is 0 Å². The highest BCUT2D eigenvalue weighted by Gasteiger charge is 2.33. The van der Waals surface area contributed by atoms with Gasteiger partial charge in [-0.3, -0.25) is 0 Å². The van der Waals surface area contributed by atoms with Gasteiger partial charge in [0.05, 0.1) is 0 Å². The van der Waals surface area contributed by atoms with Crippen molar-refractivity contribution in [1.82, 2.24) is 15.5 Å². The number of piperidine rings is 1. The maximum Gasteiger partial charge on any atom is 0.0111 e. The summed E-state index contributed by atoms with van der Waals surface area (Å²) in [5.41, 5.74) is 0. The van der Waals surface area contributed by atoms with E-state index in [9.17, 15) is 0 Å². The first-order valence-corrected chi connectivity index (χ1v) is 8.35. The molecule has 0 aromatic rings. The first kappa shape index (κ1) is 15.3. The smallest absolute Gasteiger partial charge is 0.0111 e. The van der Waals surface area contributed by atoms with Crippen LogP contribution in [0.3, 0.4) is 0 Å². The van der Waals surface area contributed by atoms with Crippen molar-refractivity contribution in [2.24, 2.45) is 5.92 Å². The Balaban J connectivity index is 1.72. The molecule has 0 radical (unpaired) electrons. The van der Waals surface area contributed by atoms with Gasteiger partial charge in [-0.15, -0.1) is 0 Å². The number of nitrogens with zero attached hydrogens (tertiary/aromatic N) is 1. The zero-order valence-corrected chi connectivity index (χ0v) is 13.1. The summed E-state index contributed by atoms with van der Waals surface area (Å²) in [7, 11) is 2.22. The van der Waals surface area contributed by atoms with Crippen LogP contribution in [0.25, 0.3) is 0 Å². The number of hydrogen-bond acceptors (Lipinski definition) is 3. The second kappa shape index (κ2) is 7.61. The number of nitrogens with one attached hydrogen (secondary N) is 2. The summed E-state index contributed by atoms with van der Waals surface area (Å²) in [6.07, 6.45) is 8.43. The van der Waals surface area contributed by atoms with Crippen molar-refractivity contribution in [3.63, 3.8) is 0 Å². The fourth-order valence-electron chi connectivity index (χ4n) is 3.65. The second-order valence-corrected chi connectivity index (χ2v) is 6.79. The molecule has 1 aliphatic heterocycles. The molecule has 2 aliphatic rings. The van der Waals surface area contributed by atoms with E-state index in [1.807, 2.05) is 0 Å². The van der Waals surface area contributed by atoms with E-state index in [1.165, 1.54) is 51.6 Å². The molecule has 1 saturated heterocycles. The summed E-state index contributed by atoms with van der Waals surface area (Å²) in [6, 6.07) is 2.20. The molecule has 3 unspecified atom stereocenters. The maximum absolute atomic E-state index is 3.83. The summed E-state index contributed by atoms with van der Waals surface area (Å²) in [5, 5.41) is 7.59. The molecule has 2 fully saturated rings. The van der Waals surface area contributed by atoms with Crippen molar-refractivity contribution in [3.8, 4) is 0 Å². The van der Waals surface area contributed by atoms with Gasteiger partial charge in [-0.1, -0.05) is 12.8 Å². The lowest BCUT2D eigenvalue weighted by atomic mass is 9.88. The molecular weight excluding hydrogens is 234 g/mol. The van der Waals surface area contributed by atoms with Crippen LogP contribution in [0.4, 0.5) is 0 Å². The quantitative estimate of drug-likeness (QED) is 0.773. The van der Waals surface area contributed by atoms with Crippen LogP contribution in [0.15, 0.2) is 0 Å². The normalized spacial score (nSPS) is 32.4. The SMILES string of the molecule is CC(C)N(C)CCNC1CCCC1C1CCCCN1. The van der Waals surface area contributed by atoms with Gasteiger partial charge in [0.15, 0.2) is 0 Å². The highest BCUT2D eigenvalue weighted by atomic mass is 15.1. The van der Waals surface area contributed by atoms with Crippen molar-refractivity contribution in [1.29, 1.82) is 0 Å². The Morgan fingerprint density at radius 3 is 2.68 bits per heavy atom. The van der Waals surface area contributed by atoms with Crippen LogP contribution >= 0.6 is 0 Å². The van der Waals surface area contributed by atoms with Crippen LogP contribution in [0.2, 0.25) is 0 Å². The van der Waals surface area contributed by atoms with E-state index >= 15 is 0 Å². The number of likely N-dealkylation sites (N-methyl/N-ethyl adjacent to an activating group) is 1. The predicted octanol–water partition coefficient (Wildman–Crippen LogP) is 2.23. The molecule has 3 heteroatoms. The van der Waals surface area contributed by atoms with E-state index in [-0.39, 0.29) is 0 Å². The third-order valence-electron chi connectivity index (χ3n) is 5.19. The van der Waals surface area contributed by atoms with Crippen molar-refractivity contribution < 1.29 is 0 Å². The highest BCUT2D eigenvalue weighted by molar-refractivity contribution is 4.92. The molecule has 0 spiro atoms. The Morgan fingerprint density at radius 1 is 1.16 bits per heavy atom. The summed E-state index contributed by atoms with van der Waals surface area (Å²) in [4.78, 5) is 2.43. The lowest BCUT2D eigenvalue weighted by Gasteiger charge is -2.33. The minimum absolute atomic E-state index is 0.654. The molecule has 1 heterocycles. The molecular formula is C16H33N3. The third-order valence-corrected chi connectivity index (χ3v) is 5.19. The molecule has 0 amide bonds. The zero-order chi connectivity index (χ0) is 13.7. The number of hydrogen-bond donors (Lipinski definition) is 2. The van der Waals surface area contributed by atoms with Crippen molar-refractivity contribution in [3.05, 3.63) is 0 Å². The summed E-state index contributed by atoms with van der Waals surface area (Å²) < 4.78 is 0. The molecule has 19 heavy (non-hydrogen) atoms. The Labute approximate surface area is 119 Å². The van der Waals surface area contributed by atoms with Gasteiger partial charge in [0, 0.05) is 31.2 Å². The summed E-state index contributed by atoms with van der Waals surface area (Å²) in [6.45, 7) is 8.08. The van der Waals surface area contributed by atoms with Crippen molar-refractivity contribution in [2.75, 3.05) is 26.7 Å². The molecule has 0 aromatic carbocycles.